The zero-order valence-corrected chi connectivity index (χ0v) is 7.57. The molecule has 0 aliphatic carbocycles. The highest BCUT2D eigenvalue weighted by molar-refractivity contribution is 5.23. The Morgan fingerprint density at radius 3 is 2.00 bits per heavy atom. The van der Waals surface area contributed by atoms with Gasteiger partial charge in [0.1, 0.15) is 5.66 Å². The van der Waals surface area contributed by atoms with E-state index in [-0.39, 0.29) is 0 Å². The second-order valence-electron chi connectivity index (χ2n) is 2.77. The Kier molecular flexibility index (Phi) is 2.97. The Bertz CT molecular complexity index is 381. The van der Waals surface area contributed by atoms with Gasteiger partial charge in [0.25, 0.3) is 0 Å². The Morgan fingerprint density at radius 2 is 1.57 bits per heavy atom. The van der Waals surface area contributed by atoms with E-state index in [9.17, 15) is 0 Å². The van der Waals surface area contributed by atoms with E-state index >= 15 is 0 Å². The van der Waals surface area contributed by atoms with Crippen LogP contribution in [-0.2, 0) is 5.66 Å². The van der Waals surface area contributed by atoms with Gasteiger partial charge in [-0.1, -0.05) is 40.6 Å². The standard InChI is InChI=1S/C8H8N6/c1-8(11-13-9,12-14-10)7-5-3-2-4-6-7/h2-6H,1H3. The summed E-state index contributed by atoms with van der Waals surface area (Å²) in [5, 5.41) is 6.95. The summed E-state index contributed by atoms with van der Waals surface area (Å²) >= 11 is 0. The molecule has 0 saturated carbocycles. The van der Waals surface area contributed by atoms with Crippen molar-refractivity contribution in [3.63, 3.8) is 0 Å². The van der Waals surface area contributed by atoms with Crippen LogP contribution in [0.1, 0.15) is 12.5 Å². The summed E-state index contributed by atoms with van der Waals surface area (Å²) in [5.41, 5.74) is 16.2. The van der Waals surface area contributed by atoms with Gasteiger partial charge >= 0.3 is 0 Å². The summed E-state index contributed by atoms with van der Waals surface area (Å²) in [6, 6.07) is 8.88. The molecule has 0 aliphatic rings. The van der Waals surface area contributed by atoms with Gasteiger partial charge in [0.15, 0.2) is 0 Å². The van der Waals surface area contributed by atoms with E-state index < -0.39 is 5.66 Å². The first-order valence-corrected chi connectivity index (χ1v) is 3.91. The summed E-state index contributed by atoms with van der Waals surface area (Å²) in [6.45, 7) is 1.56. The summed E-state index contributed by atoms with van der Waals surface area (Å²) in [6.07, 6.45) is 0. The fourth-order valence-corrected chi connectivity index (χ4v) is 1.06. The van der Waals surface area contributed by atoms with Gasteiger partial charge in [-0.25, -0.2) is 0 Å². The second kappa shape index (κ2) is 4.18. The van der Waals surface area contributed by atoms with Crippen molar-refractivity contribution in [1.82, 2.24) is 0 Å². The first kappa shape index (κ1) is 9.92. The van der Waals surface area contributed by atoms with Crippen LogP contribution in [0, 0.1) is 0 Å². The highest BCUT2D eigenvalue weighted by Crippen LogP contribution is 2.27. The average Bonchev–Trinajstić information content (AvgIpc) is 2.20. The molecule has 1 aromatic carbocycles. The molecule has 0 fully saturated rings. The minimum absolute atomic E-state index is 0.663. The molecule has 0 atom stereocenters. The third kappa shape index (κ3) is 1.95. The van der Waals surface area contributed by atoms with Crippen LogP contribution in [0.5, 0.6) is 0 Å². The van der Waals surface area contributed by atoms with Gasteiger partial charge in [-0.15, -0.1) is 0 Å². The average molecular weight is 188 g/mol. The molecule has 0 spiro atoms. The molecule has 0 N–H and O–H groups in total. The molecule has 1 aromatic rings. The van der Waals surface area contributed by atoms with Gasteiger partial charge in [-0.3, -0.25) is 0 Å². The monoisotopic (exact) mass is 188 g/mol. The van der Waals surface area contributed by atoms with Gasteiger partial charge in [0.2, 0.25) is 0 Å². The molecule has 0 heterocycles. The van der Waals surface area contributed by atoms with Crippen molar-refractivity contribution >= 4 is 0 Å². The highest BCUT2D eigenvalue weighted by atomic mass is 15.3. The van der Waals surface area contributed by atoms with E-state index in [1.165, 1.54) is 0 Å². The summed E-state index contributed by atoms with van der Waals surface area (Å²) < 4.78 is 0. The minimum atomic E-state index is -1.19. The zero-order chi connectivity index (χ0) is 10.4. The van der Waals surface area contributed by atoms with E-state index in [0.29, 0.717) is 5.56 Å². The second-order valence-corrected chi connectivity index (χ2v) is 2.77. The first-order chi connectivity index (χ1) is 6.73. The minimum Gasteiger partial charge on any atom is -0.0768 e. The van der Waals surface area contributed by atoms with Gasteiger partial charge in [-0.2, -0.15) is 0 Å². The van der Waals surface area contributed by atoms with Gasteiger partial charge < -0.3 is 0 Å². The van der Waals surface area contributed by atoms with Gasteiger partial charge in [-0.05, 0) is 23.5 Å². The summed E-state index contributed by atoms with van der Waals surface area (Å²) in [7, 11) is 0. The fourth-order valence-electron chi connectivity index (χ4n) is 1.06. The first-order valence-electron chi connectivity index (χ1n) is 3.91. The van der Waals surface area contributed by atoms with Crippen LogP contribution in [0.3, 0.4) is 0 Å². The number of hydrogen-bond donors (Lipinski definition) is 0. The van der Waals surface area contributed by atoms with Crippen LogP contribution >= 0.6 is 0 Å². The molecular formula is C8H8N6. The van der Waals surface area contributed by atoms with Crippen molar-refractivity contribution in [2.45, 2.75) is 12.6 Å². The van der Waals surface area contributed by atoms with E-state index in [4.69, 9.17) is 11.1 Å². The SMILES string of the molecule is CC(N=[N+]=[N-])(N=[N+]=[N-])c1ccccc1. The number of nitrogens with zero attached hydrogens (tertiary/aromatic N) is 6. The van der Waals surface area contributed by atoms with Crippen molar-refractivity contribution < 1.29 is 0 Å². The Morgan fingerprint density at radius 1 is 1.07 bits per heavy atom. The zero-order valence-electron chi connectivity index (χ0n) is 7.57. The third-order valence-electron chi connectivity index (χ3n) is 1.80. The lowest BCUT2D eigenvalue weighted by Gasteiger charge is -2.16. The van der Waals surface area contributed by atoms with Crippen LogP contribution in [0.25, 0.3) is 20.9 Å². The van der Waals surface area contributed by atoms with Crippen molar-refractivity contribution in [3.05, 3.63) is 56.8 Å². The van der Waals surface area contributed by atoms with Crippen LogP contribution in [0.4, 0.5) is 0 Å². The van der Waals surface area contributed by atoms with Gasteiger partial charge in [0.05, 0.1) is 0 Å². The van der Waals surface area contributed by atoms with Crippen molar-refractivity contribution in [2.75, 3.05) is 0 Å². The molecule has 6 heteroatoms. The normalized spacial score (nSPS) is 13.2. The Balaban J connectivity index is 3.25. The van der Waals surface area contributed by atoms with E-state index in [1.54, 1.807) is 31.2 Å². The predicted octanol–water partition coefficient (Wildman–Crippen LogP) is 3.48. The van der Waals surface area contributed by atoms with Crippen LogP contribution < -0.4 is 0 Å². The molecule has 0 bridgehead atoms. The molecule has 0 aliphatic heterocycles. The lowest BCUT2D eigenvalue weighted by Crippen LogP contribution is -2.13. The van der Waals surface area contributed by atoms with Crippen LogP contribution in [-0.4, -0.2) is 0 Å². The highest BCUT2D eigenvalue weighted by Gasteiger charge is 2.22. The maximum absolute atomic E-state index is 8.36. The van der Waals surface area contributed by atoms with Crippen LogP contribution in [0.2, 0.25) is 0 Å². The van der Waals surface area contributed by atoms with Crippen molar-refractivity contribution in [3.8, 4) is 0 Å². The summed E-state index contributed by atoms with van der Waals surface area (Å²) in [5.74, 6) is 0. The largest absolute Gasteiger partial charge is 0.149 e. The van der Waals surface area contributed by atoms with Crippen LogP contribution in [0.15, 0.2) is 40.6 Å². The molecule has 1 rings (SSSR count). The molecule has 0 aromatic heterocycles. The fraction of sp³-hybridized carbons (Fsp3) is 0.250. The molecule has 70 valence electrons. The van der Waals surface area contributed by atoms with E-state index in [2.05, 4.69) is 20.1 Å². The predicted molar refractivity (Wildman–Crippen MR) is 52.1 cm³/mol. The van der Waals surface area contributed by atoms with Crippen molar-refractivity contribution in [1.29, 1.82) is 0 Å². The number of hydrogen-bond acceptors (Lipinski definition) is 2. The topological polar surface area (TPSA) is 97.5 Å². The van der Waals surface area contributed by atoms with Gasteiger partial charge in [0, 0.05) is 9.82 Å². The lowest BCUT2D eigenvalue weighted by molar-refractivity contribution is 0.514. The molecule has 0 saturated heterocycles. The molecule has 0 amide bonds. The maximum Gasteiger partial charge on any atom is 0.149 e. The smallest absolute Gasteiger partial charge is 0.0768 e. The molecule has 0 unspecified atom stereocenters. The lowest BCUT2D eigenvalue weighted by atomic mass is 10.0. The molecular weight excluding hydrogens is 180 g/mol. The Hall–Kier alpha value is -2.16. The molecule has 0 radical (unpaired) electrons. The Labute approximate surface area is 80.4 Å². The van der Waals surface area contributed by atoms with Crippen molar-refractivity contribution in [2.24, 2.45) is 10.2 Å². The third-order valence-corrected chi connectivity index (χ3v) is 1.80. The molecule has 14 heavy (non-hydrogen) atoms. The quantitative estimate of drug-likeness (QED) is 0.394. The number of azide groups is 1. The van der Waals surface area contributed by atoms with E-state index in [1.807, 2.05) is 6.07 Å². The molecule has 6 nitrogen and oxygen atoms in total. The summed E-state index contributed by atoms with van der Waals surface area (Å²) in [4.78, 5) is 5.33. The number of benzene rings is 1. The number of rotatable bonds is 3. The maximum atomic E-state index is 8.36. The van der Waals surface area contributed by atoms with E-state index in [0.717, 1.165) is 0 Å².